The van der Waals surface area contributed by atoms with Crippen LogP contribution in [0.1, 0.15) is 21.7 Å². The summed E-state index contributed by atoms with van der Waals surface area (Å²) in [5, 5.41) is 13.9. The second-order valence-electron chi connectivity index (χ2n) is 5.87. The minimum absolute atomic E-state index is 0.0444. The second kappa shape index (κ2) is 6.72. The fraction of sp³-hybridized carbons (Fsp3) is 0.0500. The maximum absolute atomic E-state index is 11.2. The van der Waals surface area contributed by atoms with Crippen LogP contribution in [0.3, 0.4) is 0 Å². The van der Waals surface area contributed by atoms with Gasteiger partial charge in [0.25, 0.3) is 0 Å². The average Bonchev–Trinajstić information content (AvgIpc) is 3.00. The van der Waals surface area contributed by atoms with Crippen LogP contribution in [0.2, 0.25) is 0 Å². The zero-order chi connectivity index (χ0) is 18.1. The Labute approximate surface area is 158 Å². The molecular weight excluding hydrogens is 394 g/mol. The fourth-order valence-corrected chi connectivity index (χ4v) is 3.28. The lowest BCUT2D eigenvalue weighted by Gasteiger charge is -2.05. The summed E-state index contributed by atoms with van der Waals surface area (Å²) in [4.78, 5) is 15.5. The first-order valence-electron chi connectivity index (χ1n) is 8.03. The van der Waals surface area contributed by atoms with Crippen molar-refractivity contribution in [3.05, 3.63) is 88.3 Å². The van der Waals surface area contributed by atoms with Crippen LogP contribution in [-0.4, -0.2) is 25.7 Å². The van der Waals surface area contributed by atoms with Gasteiger partial charge in [0.15, 0.2) is 0 Å². The Balaban J connectivity index is 1.87. The van der Waals surface area contributed by atoms with E-state index in [1.807, 2.05) is 59.2 Å². The van der Waals surface area contributed by atoms with E-state index >= 15 is 0 Å². The number of rotatable bonds is 4. The molecule has 3 aromatic heterocycles. The third-order valence-corrected chi connectivity index (χ3v) is 4.60. The molecule has 1 N–H and O–H groups in total. The smallest absolute Gasteiger partial charge is 0.354 e. The van der Waals surface area contributed by atoms with Crippen LogP contribution < -0.4 is 0 Å². The van der Waals surface area contributed by atoms with Crippen molar-refractivity contribution in [1.29, 1.82) is 0 Å². The number of benzene rings is 1. The van der Waals surface area contributed by atoms with Crippen molar-refractivity contribution in [2.75, 3.05) is 0 Å². The normalized spacial score (nSPS) is 11.0. The first-order valence-corrected chi connectivity index (χ1v) is 8.82. The van der Waals surface area contributed by atoms with Crippen molar-refractivity contribution in [2.24, 2.45) is 0 Å². The molecule has 0 aliphatic carbocycles. The molecular formula is C20H14BrN3O2. The molecule has 3 heterocycles. The zero-order valence-corrected chi connectivity index (χ0v) is 15.2. The summed E-state index contributed by atoms with van der Waals surface area (Å²) in [5.74, 6) is -1.03. The zero-order valence-electron chi connectivity index (χ0n) is 13.6. The molecule has 0 radical (unpaired) electrons. The van der Waals surface area contributed by atoms with Crippen molar-refractivity contribution in [2.45, 2.75) is 6.42 Å². The minimum atomic E-state index is -1.03. The Morgan fingerprint density at radius 3 is 2.62 bits per heavy atom. The first kappa shape index (κ1) is 16.5. The van der Waals surface area contributed by atoms with Gasteiger partial charge in [-0.05, 0) is 40.2 Å². The van der Waals surface area contributed by atoms with Crippen molar-refractivity contribution in [3.63, 3.8) is 0 Å². The molecule has 4 rings (SSSR count). The molecule has 0 atom stereocenters. The third kappa shape index (κ3) is 3.11. The average molecular weight is 408 g/mol. The monoisotopic (exact) mass is 407 g/mol. The third-order valence-electron chi connectivity index (χ3n) is 4.13. The number of pyridine rings is 2. The largest absolute Gasteiger partial charge is 0.477 e. The van der Waals surface area contributed by atoms with Gasteiger partial charge in [-0.3, -0.25) is 0 Å². The van der Waals surface area contributed by atoms with Crippen LogP contribution in [0.15, 0.2) is 71.3 Å². The number of carboxylic acids is 1. The molecule has 0 spiro atoms. The minimum Gasteiger partial charge on any atom is -0.477 e. The van der Waals surface area contributed by atoms with Gasteiger partial charge < -0.3 is 5.11 Å². The molecule has 0 unspecified atom stereocenters. The second-order valence-corrected chi connectivity index (χ2v) is 6.78. The van der Waals surface area contributed by atoms with Crippen molar-refractivity contribution < 1.29 is 9.90 Å². The molecule has 0 amide bonds. The van der Waals surface area contributed by atoms with E-state index in [4.69, 9.17) is 5.10 Å². The lowest BCUT2D eigenvalue weighted by molar-refractivity contribution is 0.0690. The van der Waals surface area contributed by atoms with E-state index in [9.17, 15) is 9.90 Å². The lowest BCUT2D eigenvalue weighted by Crippen LogP contribution is -2.03. The lowest BCUT2D eigenvalue weighted by atomic mass is 10.0. The Hall–Kier alpha value is -2.99. The summed E-state index contributed by atoms with van der Waals surface area (Å²) < 4.78 is 2.77. The molecule has 0 aliphatic rings. The van der Waals surface area contributed by atoms with Crippen LogP contribution in [0, 0.1) is 0 Å². The molecule has 26 heavy (non-hydrogen) atoms. The number of fused-ring (bicyclic) bond motifs is 1. The van der Waals surface area contributed by atoms with Gasteiger partial charge in [0.1, 0.15) is 5.69 Å². The molecule has 0 saturated heterocycles. The summed E-state index contributed by atoms with van der Waals surface area (Å²) in [6, 6.07) is 19.0. The number of carbonyl (C=O) groups is 1. The molecule has 4 aromatic rings. The molecule has 128 valence electrons. The highest BCUT2D eigenvalue weighted by molar-refractivity contribution is 9.10. The van der Waals surface area contributed by atoms with Gasteiger partial charge in [0.05, 0.1) is 11.2 Å². The Bertz CT molecular complexity index is 1110. The fourth-order valence-electron chi connectivity index (χ4n) is 2.96. The highest BCUT2D eigenvalue weighted by atomic mass is 79.9. The van der Waals surface area contributed by atoms with E-state index < -0.39 is 5.97 Å². The highest BCUT2D eigenvalue weighted by Gasteiger charge is 2.16. The number of hydrogen-bond donors (Lipinski definition) is 1. The van der Waals surface area contributed by atoms with Crippen LogP contribution >= 0.6 is 15.9 Å². The van der Waals surface area contributed by atoms with Crippen LogP contribution in [0.5, 0.6) is 0 Å². The number of aromatic carboxylic acids is 1. The maximum Gasteiger partial charge on any atom is 0.354 e. The van der Waals surface area contributed by atoms with Gasteiger partial charge in [-0.1, -0.05) is 36.4 Å². The standard InChI is InChI=1S/C20H14BrN3O2/c21-14-9-10-18-16(11-15-7-4-8-17(22-15)20(25)26)19(23-24(18)12-14)13-5-2-1-3-6-13/h1-10,12H,11H2,(H,25,26). The summed E-state index contributed by atoms with van der Waals surface area (Å²) in [5.41, 5.74) is 4.60. The van der Waals surface area contributed by atoms with E-state index in [-0.39, 0.29) is 5.69 Å². The molecule has 5 nitrogen and oxygen atoms in total. The van der Waals surface area contributed by atoms with Crippen LogP contribution in [-0.2, 0) is 6.42 Å². The first-order chi connectivity index (χ1) is 12.6. The number of hydrogen-bond acceptors (Lipinski definition) is 3. The molecule has 6 heteroatoms. The number of nitrogens with zero attached hydrogens (tertiary/aromatic N) is 3. The molecule has 1 aromatic carbocycles. The van der Waals surface area contributed by atoms with Gasteiger partial charge in [-0.25, -0.2) is 14.3 Å². The molecule has 0 saturated carbocycles. The van der Waals surface area contributed by atoms with Crippen LogP contribution in [0.4, 0.5) is 0 Å². The predicted octanol–water partition coefficient (Wildman–Crippen LogP) is 4.45. The van der Waals surface area contributed by atoms with E-state index in [2.05, 4.69) is 20.9 Å². The SMILES string of the molecule is O=C(O)c1cccc(Cc2c(-c3ccccc3)nn3cc(Br)ccc23)n1. The summed E-state index contributed by atoms with van der Waals surface area (Å²) in [7, 11) is 0. The molecule has 0 bridgehead atoms. The molecule has 0 fully saturated rings. The van der Waals surface area contributed by atoms with Gasteiger partial charge in [-0.15, -0.1) is 0 Å². The molecule has 0 aliphatic heterocycles. The Morgan fingerprint density at radius 1 is 1.04 bits per heavy atom. The van der Waals surface area contributed by atoms with E-state index in [0.29, 0.717) is 12.1 Å². The Morgan fingerprint density at radius 2 is 1.85 bits per heavy atom. The maximum atomic E-state index is 11.2. The predicted molar refractivity (Wildman–Crippen MR) is 102 cm³/mol. The van der Waals surface area contributed by atoms with E-state index in [1.54, 1.807) is 6.07 Å². The quantitative estimate of drug-likeness (QED) is 0.542. The summed E-state index contributed by atoms with van der Waals surface area (Å²) in [6.07, 6.45) is 2.41. The number of aromatic nitrogens is 3. The van der Waals surface area contributed by atoms with Gasteiger partial charge >= 0.3 is 5.97 Å². The van der Waals surface area contributed by atoms with E-state index in [1.165, 1.54) is 6.07 Å². The van der Waals surface area contributed by atoms with Crippen molar-refractivity contribution in [3.8, 4) is 11.3 Å². The van der Waals surface area contributed by atoms with Gasteiger partial charge in [-0.2, -0.15) is 5.10 Å². The summed E-state index contributed by atoms with van der Waals surface area (Å²) >= 11 is 3.48. The van der Waals surface area contributed by atoms with Crippen molar-refractivity contribution >= 4 is 27.4 Å². The topological polar surface area (TPSA) is 67.5 Å². The van der Waals surface area contributed by atoms with E-state index in [0.717, 1.165) is 26.8 Å². The van der Waals surface area contributed by atoms with Gasteiger partial charge in [0, 0.05) is 33.9 Å². The number of carboxylic acid groups (broad SMARTS) is 1. The number of halogens is 1. The van der Waals surface area contributed by atoms with Crippen LogP contribution in [0.25, 0.3) is 16.8 Å². The van der Waals surface area contributed by atoms with Gasteiger partial charge in [0.2, 0.25) is 0 Å². The summed E-state index contributed by atoms with van der Waals surface area (Å²) in [6.45, 7) is 0. The van der Waals surface area contributed by atoms with Crippen molar-refractivity contribution in [1.82, 2.24) is 14.6 Å². The highest BCUT2D eigenvalue weighted by Crippen LogP contribution is 2.29. The Kier molecular flexibility index (Phi) is 4.26.